The van der Waals surface area contributed by atoms with Gasteiger partial charge in [0, 0.05) is 38.8 Å². The molecule has 0 aromatic rings. The fourth-order valence-corrected chi connectivity index (χ4v) is 2.59. The van der Waals surface area contributed by atoms with Crippen LogP contribution in [0.5, 0.6) is 0 Å². The van der Waals surface area contributed by atoms with Gasteiger partial charge in [-0.2, -0.15) is 0 Å². The van der Waals surface area contributed by atoms with Crippen LogP contribution in [0.2, 0.25) is 0 Å². The number of hydrogen-bond donors (Lipinski definition) is 3. The first kappa shape index (κ1) is 20.2. The van der Waals surface area contributed by atoms with Crippen LogP contribution in [-0.4, -0.2) is 78.4 Å². The van der Waals surface area contributed by atoms with Gasteiger partial charge in [-0.05, 0) is 34.6 Å². The minimum Gasteiger partial charge on any atom is -0.368 e. The Morgan fingerprint density at radius 1 is 1.08 bits per heavy atom. The summed E-state index contributed by atoms with van der Waals surface area (Å²) in [5, 5.41) is 6.00. The van der Waals surface area contributed by atoms with Crippen LogP contribution < -0.4 is 16.4 Å². The number of amides is 2. The number of rotatable bonds is 4. The zero-order valence-corrected chi connectivity index (χ0v) is 15.8. The van der Waals surface area contributed by atoms with Gasteiger partial charge in [0.2, 0.25) is 11.8 Å². The number of piperazine rings is 1. The lowest BCUT2D eigenvalue weighted by atomic mass is 10.0. The van der Waals surface area contributed by atoms with Gasteiger partial charge < -0.3 is 21.3 Å². The second-order valence-electron chi connectivity index (χ2n) is 7.60. The van der Waals surface area contributed by atoms with Crippen molar-refractivity contribution in [2.24, 2.45) is 10.7 Å². The molecule has 2 amide bonds. The molecule has 0 spiro atoms. The first-order valence-corrected chi connectivity index (χ1v) is 8.29. The van der Waals surface area contributed by atoms with Crippen LogP contribution in [0.15, 0.2) is 4.99 Å². The molecule has 0 saturated carbocycles. The van der Waals surface area contributed by atoms with E-state index in [-0.39, 0.29) is 23.9 Å². The van der Waals surface area contributed by atoms with Crippen molar-refractivity contribution in [2.45, 2.75) is 45.7 Å². The average molecular weight is 340 g/mol. The fraction of sp³-hybridized carbons (Fsp3) is 0.812. The maximum atomic E-state index is 11.9. The van der Waals surface area contributed by atoms with Gasteiger partial charge in [0.25, 0.3) is 0 Å². The van der Waals surface area contributed by atoms with E-state index in [2.05, 4.69) is 25.4 Å². The number of carbonyl (C=O) groups excluding carboxylic acids is 2. The van der Waals surface area contributed by atoms with Crippen molar-refractivity contribution in [2.75, 3.05) is 39.8 Å². The van der Waals surface area contributed by atoms with E-state index < -0.39 is 5.54 Å². The summed E-state index contributed by atoms with van der Waals surface area (Å²) in [6.07, 6.45) is 0. The van der Waals surface area contributed by atoms with E-state index in [1.807, 2.05) is 34.6 Å². The Morgan fingerprint density at radius 2 is 1.62 bits per heavy atom. The highest BCUT2D eigenvalue weighted by Crippen LogP contribution is 2.16. The molecule has 24 heavy (non-hydrogen) atoms. The highest BCUT2D eigenvalue weighted by Gasteiger charge is 2.35. The third kappa shape index (κ3) is 5.67. The van der Waals surface area contributed by atoms with Gasteiger partial charge >= 0.3 is 0 Å². The Bertz CT molecular complexity index is 487. The molecule has 0 atom stereocenters. The lowest BCUT2D eigenvalue weighted by Crippen LogP contribution is -2.61. The van der Waals surface area contributed by atoms with Crippen LogP contribution >= 0.6 is 0 Å². The normalized spacial score (nSPS) is 17.6. The molecule has 0 bridgehead atoms. The van der Waals surface area contributed by atoms with Crippen LogP contribution in [0.1, 0.15) is 34.6 Å². The first-order valence-electron chi connectivity index (χ1n) is 8.29. The molecule has 1 fully saturated rings. The van der Waals surface area contributed by atoms with Crippen LogP contribution in [0.3, 0.4) is 0 Å². The second kappa shape index (κ2) is 7.83. The van der Waals surface area contributed by atoms with E-state index >= 15 is 0 Å². The zero-order valence-electron chi connectivity index (χ0n) is 15.8. The van der Waals surface area contributed by atoms with Gasteiger partial charge in [-0.3, -0.25) is 19.5 Å². The number of nitrogens with two attached hydrogens (primary N) is 1. The summed E-state index contributed by atoms with van der Waals surface area (Å²) in [7, 11) is 1.70. The van der Waals surface area contributed by atoms with E-state index in [9.17, 15) is 9.59 Å². The van der Waals surface area contributed by atoms with Gasteiger partial charge in [0.1, 0.15) is 0 Å². The Labute approximate surface area is 144 Å². The highest BCUT2D eigenvalue weighted by atomic mass is 16.2. The van der Waals surface area contributed by atoms with Crippen LogP contribution in [0.4, 0.5) is 0 Å². The Morgan fingerprint density at radius 3 is 2.04 bits per heavy atom. The molecule has 8 heteroatoms. The molecule has 0 radical (unpaired) electrons. The van der Waals surface area contributed by atoms with Crippen LogP contribution in [0.25, 0.3) is 0 Å². The number of primary amides is 1. The molecule has 1 saturated heterocycles. The van der Waals surface area contributed by atoms with Crippen LogP contribution in [-0.2, 0) is 9.59 Å². The second-order valence-corrected chi connectivity index (χ2v) is 7.60. The molecule has 4 N–H and O–H groups in total. The molecule has 0 aromatic carbocycles. The van der Waals surface area contributed by atoms with Crippen molar-refractivity contribution in [3.63, 3.8) is 0 Å². The fourth-order valence-electron chi connectivity index (χ4n) is 2.59. The summed E-state index contributed by atoms with van der Waals surface area (Å²) < 4.78 is 0. The lowest BCUT2D eigenvalue weighted by molar-refractivity contribution is -0.129. The van der Waals surface area contributed by atoms with Crippen molar-refractivity contribution in [3.8, 4) is 0 Å². The molecular weight excluding hydrogens is 308 g/mol. The molecule has 8 nitrogen and oxygen atoms in total. The van der Waals surface area contributed by atoms with Gasteiger partial charge in [0.15, 0.2) is 5.96 Å². The summed E-state index contributed by atoms with van der Waals surface area (Å²) in [5.41, 5.74) is 4.57. The summed E-state index contributed by atoms with van der Waals surface area (Å²) in [6, 6.07) is 0. The quantitative estimate of drug-likeness (QED) is 0.466. The van der Waals surface area contributed by atoms with Crippen molar-refractivity contribution in [1.29, 1.82) is 0 Å². The molecule has 1 aliphatic heterocycles. The number of guanidine groups is 1. The molecular formula is C16H32N6O2. The monoisotopic (exact) mass is 340 g/mol. The number of hydrogen-bond acceptors (Lipinski definition) is 4. The third-order valence-electron chi connectivity index (χ3n) is 4.11. The third-order valence-corrected chi connectivity index (χ3v) is 4.11. The van der Waals surface area contributed by atoms with Crippen molar-refractivity contribution in [1.82, 2.24) is 20.4 Å². The summed E-state index contributed by atoms with van der Waals surface area (Å²) in [4.78, 5) is 31.9. The minimum atomic E-state index is -0.657. The van der Waals surface area contributed by atoms with Crippen molar-refractivity contribution < 1.29 is 9.59 Å². The maximum absolute atomic E-state index is 11.9. The van der Waals surface area contributed by atoms with Crippen molar-refractivity contribution in [3.05, 3.63) is 0 Å². The Balaban J connectivity index is 2.53. The van der Waals surface area contributed by atoms with E-state index in [0.29, 0.717) is 19.0 Å². The Hall–Kier alpha value is -1.83. The molecule has 0 unspecified atom stereocenters. The first-order chi connectivity index (χ1) is 11.0. The number of carbonyl (C=O) groups is 2. The highest BCUT2D eigenvalue weighted by molar-refractivity contribution is 5.87. The van der Waals surface area contributed by atoms with Gasteiger partial charge in [-0.1, -0.05) is 0 Å². The largest absolute Gasteiger partial charge is 0.368 e. The van der Waals surface area contributed by atoms with Gasteiger partial charge in [0.05, 0.1) is 12.1 Å². The van der Waals surface area contributed by atoms with E-state index in [1.54, 1.807) is 7.05 Å². The standard InChI is InChI=1S/C16H32N6O2/c1-15(2,3)20-12(23)11-19-14(18-6)21-7-9-22(10-8-21)16(4,5)13(17)24/h7-11H2,1-6H3,(H2,17,24)(H,18,19)(H,20,23). The predicted molar refractivity (Wildman–Crippen MR) is 95.7 cm³/mol. The topological polar surface area (TPSA) is 103 Å². The Kier molecular flexibility index (Phi) is 6.59. The molecule has 138 valence electrons. The van der Waals surface area contributed by atoms with E-state index in [1.165, 1.54) is 0 Å². The van der Waals surface area contributed by atoms with Crippen LogP contribution in [0, 0.1) is 0 Å². The van der Waals surface area contributed by atoms with Crippen molar-refractivity contribution >= 4 is 17.8 Å². The number of nitrogens with one attached hydrogen (secondary N) is 2. The molecule has 1 heterocycles. The van der Waals surface area contributed by atoms with Gasteiger partial charge in [-0.15, -0.1) is 0 Å². The minimum absolute atomic E-state index is 0.0721. The zero-order chi connectivity index (χ0) is 18.5. The maximum Gasteiger partial charge on any atom is 0.239 e. The van der Waals surface area contributed by atoms with E-state index in [0.717, 1.165) is 13.1 Å². The lowest BCUT2D eigenvalue weighted by Gasteiger charge is -2.43. The summed E-state index contributed by atoms with van der Waals surface area (Å²) in [5.74, 6) is 0.296. The predicted octanol–water partition coefficient (Wildman–Crippen LogP) is -0.642. The van der Waals surface area contributed by atoms with Gasteiger partial charge in [-0.25, -0.2) is 0 Å². The SMILES string of the molecule is CN=C(NCC(=O)NC(C)(C)C)N1CCN(C(C)(C)C(N)=O)CC1. The number of aliphatic imine (C=N–C) groups is 1. The van der Waals surface area contributed by atoms with E-state index in [4.69, 9.17) is 5.73 Å². The molecule has 0 aromatic heterocycles. The average Bonchev–Trinajstić information content (AvgIpc) is 2.46. The number of nitrogens with zero attached hydrogens (tertiary/aromatic N) is 3. The summed E-state index contributed by atoms with van der Waals surface area (Å²) in [6.45, 7) is 12.6. The molecule has 1 aliphatic rings. The molecule has 1 rings (SSSR count). The smallest absolute Gasteiger partial charge is 0.239 e. The molecule has 0 aliphatic carbocycles. The summed E-state index contributed by atoms with van der Waals surface area (Å²) >= 11 is 0.